The van der Waals surface area contributed by atoms with Gasteiger partial charge in [-0.1, -0.05) is 34.6 Å². The molecule has 0 heterocycles. The van der Waals surface area contributed by atoms with Crippen LogP contribution in [-0.4, -0.2) is 38.9 Å². The van der Waals surface area contributed by atoms with E-state index in [0.29, 0.717) is 25.7 Å². The molecule has 0 saturated carbocycles. The first-order valence-electron chi connectivity index (χ1n) is 7.09. The molecular weight excluding hydrogens is 230 g/mol. The van der Waals surface area contributed by atoms with Crippen molar-refractivity contribution in [2.45, 2.75) is 47.5 Å². The molecule has 0 aromatic carbocycles. The van der Waals surface area contributed by atoms with E-state index in [1.165, 1.54) is 0 Å². The smallest absolute Gasteiger partial charge is 0.246 e. The molecule has 0 rings (SSSR count). The fourth-order valence-electron chi connectivity index (χ4n) is 1.04. The Morgan fingerprint density at radius 3 is 2.33 bits per heavy atom. The Labute approximate surface area is 112 Å². The molecule has 18 heavy (non-hydrogen) atoms. The fraction of sp³-hybridized carbons (Fsp3) is 0.929. The summed E-state index contributed by atoms with van der Waals surface area (Å²) in [5, 5.41) is 2.74. The Kier molecular flexibility index (Phi) is 18.0. The lowest BCUT2D eigenvalue weighted by Crippen LogP contribution is -2.30. The van der Waals surface area contributed by atoms with Crippen LogP contribution >= 0.6 is 0 Å². The van der Waals surface area contributed by atoms with Gasteiger partial charge in [-0.25, -0.2) is 0 Å². The molecule has 0 aliphatic rings. The second kappa shape index (κ2) is 16.4. The van der Waals surface area contributed by atoms with Gasteiger partial charge in [0.25, 0.3) is 0 Å². The van der Waals surface area contributed by atoms with Crippen LogP contribution in [0, 0.1) is 5.92 Å². The minimum atomic E-state index is -0.0686. The SMILES string of the molecule is CC.CCCOCC(=O)NCCOCCC(C)C. The number of rotatable bonds is 10. The Morgan fingerprint density at radius 1 is 1.11 bits per heavy atom. The maximum Gasteiger partial charge on any atom is 0.246 e. The first-order chi connectivity index (χ1) is 8.66. The molecule has 110 valence electrons. The zero-order valence-corrected chi connectivity index (χ0v) is 12.8. The van der Waals surface area contributed by atoms with Crippen LogP contribution in [0.1, 0.15) is 47.5 Å². The Hall–Kier alpha value is -0.610. The van der Waals surface area contributed by atoms with Crippen molar-refractivity contribution in [3.05, 3.63) is 0 Å². The summed E-state index contributed by atoms with van der Waals surface area (Å²) in [6.45, 7) is 13.0. The number of hydrogen-bond donors (Lipinski definition) is 1. The molecule has 4 nitrogen and oxygen atoms in total. The van der Waals surface area contributed by atoms with Crippen molar-refractivity contribution in [1.82, 2.24) is 5.32 Å². The topological polar surface area (TPSA) is 47.6 Å². The second-order valence-corrected chi connectivity index (χ2v) is 4.20. The third kappa shape index (κ3) is 17.8. The summed E-state index contributed by atoms with van der Waals surface area (Å²) in [5.74, 6) is 0.595. The molecule has 0 aromatic rings. The van der Waals surface area contributed by atoms with Gasteiger partial charge in [0.1, 0.15) is 6.61 Å². The van der Waals surface area contributed by atoms with E-state index in [-0.39, 0.29) is 12.5 Å². The van der Waals surface area contributed by atoms with Gasteiger partial charge in [-0.2, -0.15) is 0 Å². The van der Waals surface area contributed by atoms with E-state index < -0.39 is 0 Å². The normalized spacial score (nSPS) is 9.89. The maximum absolute atomic E-state index is 11.2. The van der Waals surface area contributed by atoms with E-state index in [1.54, 1.807) is 0 Å². The number of hydrogen-bond acceptors (Lipinski definition) is 3. The highest BCUT2D eigenvalue weighted by Crippen LogP contribution is 1.98. The zero-order chi connectivity index (χ0) is 14.2. The minimum Gasteiger partial charge on any atom is -0.380 e. The lowest BCUT2D eigenvalue weighted by Gasteiger charge is -2.07. The van der Waals surface area contributed by atoms with E-state index in [9.17, 15) is 4.79 Å². The van der Waals surface area contributed by atoms with Gasteiger partial charge >= 0.3 is 0 Å². The minimum absolute atomic E-state index is 0.0686. The average Bonchev–Trinajstić information content (AvgIpc) is 2.36. The van der Waals surface area contributed by atoms with E-state index in [4.69, 9.17) is 9.47 Å². The quantitative estimate of drug-likeness (QED) is 0.615. The van der Waals surface area contributed by atoms with Crippen molar-refractivity contribution >= 4 is 5.91 Å². The molecule has 0 spiro atoms. The number of ether oxygens (including phenoxy) is 2. The van der Waals surface area contributed by atoms with Crippen LogP contribution < -0.4 is 5.32 Å². The summed E-state index contributed by atoms with van der Waals surface area (Å²) in [6, 6.07) is 0. The summed E-state index contributed by atoms with van der Waals surface area (Å²) in [4.78, 5) is 11.2. The number of amides is 1. The highest BCUT2D eigenvalue weighted by atomic mass is 16.5. The van der Waals surface area contributed by atoms with Gasteiger partial charge in [0.15, 0.2) is 0 Å². The summed E-state index contributed by atoms with van der Waals surface area (Å²) in [6.07, 6.45) is 2.00. The van der Waals surface area contributed by atoms with Crippen LogP contribution in [-0.2, 0) is 14.3 Å². The monoisotopic (exact) mass is 261 g/mol. The third-order valence-corrected chi connectivity index (χ3v) is 1.99. The van der Waals surface area contributed by atoms with Gasteiger partial charge in [0.05, 0.1) is 6.61 Å². The van der Waals surface area contributed by atoms with Gasteiger partial charge in [-0.05, 0) is 18.8 Å². The molecule has 1 N–H and O–H groups in total. The van der Waals surface area contributed by atoms with Crippen LogP contribution in [0.2, 0.25) is 0 Å². The third-order valence-electron chi connectivity index (χ3n) is 1.99. The molecular formula is C14H31NO3. The lowest BCUT2D eigenvalue weighted by atomic mass is 10.1. The Morgan fingerprint density at radius 2 is 1.78 bits per heavy atom. The highest BCUT2D eigenvalue weighted by molar-refractivity contribution is 5.77. The van der Waals surface area contributed by atoms with Crippen LogP contribution in [0.25, 0.3) is 0 Å². The van der Waals surface area contributed by atoms with Gasteiger partial charge in [0, 0.05) is 19.8 Å². The fourth-order valence-corrected chi connectivity index (χ4v) is 1.04. The Balaban J connectivity index is 0. The van der Waals surface area contributed by atoms with E-state index in [1.807, 2.05) is 20.8 Å². The Bertz CT molecular complexity index is 172. The number of carbonyl (C=O) groups is 1. The molecule has 0 aliphatic heterocycles. The van der Waals surface area contributed by atoms with Crippen molar-refractivity contribution in [3.63, 3.8) is 0 Å². The number of nitrogens with one attached hydrogen (secondary N) is 1. The molecule has 0 unspecified atom stereocenters. The first kappa shape index (κ1) is 19.7. The molecule has 0 fully saturated rings. The molecule has 0 radical (unpaired) electrons. The van der Waals surface area contributed by atoms with Crippen molar-refractivity contribution in [1.29, 1.82) is 0 Å². The first-order valence-corrected chi connectivity index (χ1v) is 7.09. The summed E-state index contributed by atoms with van der Waals surface area (Å²) in [5.41, 5.74) is 0. The van der Waals surface area contributed by atoms with Crippen molar-refractivity contribution in [3.8, 4) is 0 Å². The summed E-state index contributed by atoms with van der Waals surface area (Å²) >= 11 is 0. The molecule has 0 bridgehead atoms. The van der Waals surface area contributed by atoms with Gasteiger partial charge in [-0.3, -0.25) is 4.79 Å². The van der Waals surface area contributed by atoms with E-state index >= 15 is 0 Å². The van der Waals surface area contributed by atoms with Gasteiger partial charge in [-0.15, -0.1) is 0 Å². The van der Waals surface area contributed by atoms with E-state index in [0.717, 1.165) is 19.4 Å². The molecule has 0 aromatic heterocycles. The summed E-state index contributed by atoms with van der Waals surface area (Å²) < 4.78 is 10.5. The molecule has 0 aliphatic carbocycles. The van der Waals surface area contributed by atoms with Crippen molar-refractivity contribution in [2.75, 3.05) is 33.0 Å². The van der Waals surface area contributed by atoms with Crippen LogP contribution in [0.4, 0.5) is 0 Å². The lowest BCUT2D eigenvalue weighted by molar-refractivity contribution is -0.125. The average molecular weight is 261 g/mol. The predicted octanol–water partition coefficient (Wildman–Crippen LogP) is 2.62. The molecule has 0 atom stereocenters. The molecule has 0 saturated heterocycles. The highest BCUT2D eigenvalue weighted by Gasteiger charge is 1.99. The predicted molar refractivity (Wildman–Crippen MR) is 75.7 cm³/mol. The van der Waals surface area contributed by atoms with Crippen molar-refractivity contribution < 1.29 is 14.3 Å². The number of carbonyl (C=O) groups excluding carboxylic acids is 1. The standard InChI is InChI=1S/C12H25NO3.C2H6/c1-4-7-16-10-12(14)13-6-9-15-8-5-11(2)3;1-2/h11H,4-10H2,1-3H3,(H,13,14);1-2H3. The molecule has 1 amide bonds. The second-order valence-electron chi connectivity index (χ2n) is 4.20. The van der Waals surface area contributed by atoms with Gasteiger partial charge in [0.2, 0.25) is 5.91 Å². The van der Waals surface area contributed by atoms with Crippen LogP contribution in [0.5, 0.6) is 0 Å². The summed E-state index contributed by atoms with van der Waals surface area (Å²) in [7, 11) is 0. The maximum atomic E-state index is 11.2. The zero-order valence-electron chi connectivity index (χ0n) is 12.8. The van der Waals surface area contributed by atoms with E-state index in [2.05, 4.69) is 19.2 Å². The van der Waals surface area contributed by atoms with Crippen LogP contribution in [0.3, 0.4) is 0 Å². The largest absolute Gasteiger partial charge is 0.380 e. The van der Waals surface area contributed by atoms with Gasteiger partial charge < -0.3 is 14.8 Å². The van der Waals surface area contributed by atoms with Crippen LogP contribution in [0.15, 0.2) is 0 Å². The van der Waals surface area contributed by atoms with Crippen molar-refractivity contribution in [2.24, 2.45) is 5.92 Å². The molecule has 4 heteroatoms.